The fraction of sp³-hybridized carbons (Fsp3) is 0.231. The van der Waals surface area contributed by atoms with Gasteiger partial charge < -0.3 is 10.2 Å². The first kappa shape index (κ1) is 13.1. The van der Waals surface area contributed by atoms with E-state index in [4.69, 9.17) is 10.2 Å². The minimum absolute atomic E-state index is 0.101. The van der Waals surface area contributed by atoms with Gasteiger partial charge in [-0.1, -0.05) is 12.1 Å². The van der Waals surface area contributed by atoms with Gasteiger partial charge in [0, 0.05) is 18.1 Å². The van der Waals surface area contributed by atoms with Crippen molar-refractivity contribution in [3.63, 3.8) is 0 Å². The van der Waals surface area contributed by atoms with Gasteiger partial charge in [0.1, 0.15) is 0 Å². The standard InChI is InChI=1S/C13H14O4/c1-9-8-11(12(15)6-7-14)3-2-10(9)4-5-13(16)17/h2-5,8,14H,6-7H2,1H3,(H,16,17). The molecule has 0 spiro atoms. The van der Waals surface area contributed by atoms with Gasteiger partial charge in [-0.2, -0.15) is 0 Å². The Kier molecular flexibility index (Phi) is 4.60. The second kappa shape index (κ2) is 5.96. The molecule has 0 amide bonds. The fourth-order valence-electron chi connectivity index (χ4n) is 1.44. The fourth-order valence-corrected chi connectivity index (χ4v) is 1.44. The first-order chi connectivity index (χ1) is 8.04. The van der Waals surface area contributed by atoms with Crippen molar-refractivity contribution in [1.82, 2.24) is 0 Å². The highest BCUT2D eigenvalue weighted by Gasteiger charge is 2.06. The smallest absolute Gasteiger partial charge is 0.328 e. The number of carbonyl (C=O) groups is 2. The van der Waals surface area contributed by atoms with Gasteiger partial charge in [-0.15, -0.1) is 0 Å². The van der Waals surface area contributed by atoms with Crippen molar-refractivity contribution in [1.29, 1.82) is 0 Å². The van der Waals surface area contributed by atoms with E-state index in [9.17, 15) is 9.59 Å². The molecule has 1 aromatic rings. The van der Waals surface area contributed by atoms with Crippen molar-refractivity contribution in [2.45, 2.75) is 13.3 Å². The van der Waals surface area contributed by atoms with Crippen molar-refractivity contribution in [2.75, 3.05) is 6.61 Å². The summed E-state index contributed by atoms with van der Waals surface area (Å²) < 4.78 is 0. The highest BCUT2D eigenvalue weighted by molar-refractivity contribution is 5.96. The molecule has 17 heavy (non-hydrogen) atoms. The molecule has 0 aromatic heterocycles. The maximum absolute atomic E-state index is 11.5. The maximum Gasteiger partial charge on any atom is 0.328 e. The van der Waals surface area contributed by atoms with Crippen molar-refractivity contribution in [3.8, 4) is 0 Å². The number of ketones is 1. The van der Waals surface area contributed by atoms with E-state index in [1.807, 2.05) is 0 Å². The van der Waals surface area contributed by atoms with E-state index in [2.05, 4.69) is 0 Å². The van der Waals surface area contributed by atoms with E-state index in [-0.39, 0.29) is 18.8 Å². The zero-order valence-corrected chi connectivity index (χ0v) is 9.51. The van der Waals surface area contributed by atoms with Crippen molar-refractivity contribution < 1.29 is 19.8 Å². The van der Waals surface area contributed by atoms with Crippen LogP contribution in [0, 0.1) is 6.92 Å². The topological polar surface area (TPSA) is 74.6 Å². The first-order valence-corrected chi connectivity index (χ1v) is 5.20. The third kappa shape index (κ3) is 3.85. The predicted molar refractivity (Wildman–Crippen MR) is 63.9 cm³/mol. The molecule has 4 heteroatoms. The Hall–Kier alpha value is -1.94. The number of aliphatic carboxylic acids is 1. The largest absolute Gasteiger partial charge is 0.478 e. The molecule has 1 rings (SSSR count). The van der Waals surface area contributed by atoms with Crippen LogP contribution >= 0.6 is 0 Å². The summed E-state index contributed by atoms with van der Waals surface area (Å²) in [6.07, 6.45) is 2.64. The number of aliphatic hydroxyl groups excluding tert-OH is 1. The number of carbonyl (C=O) groups excluding carboxylic acids is 1. The number of benzene rings is 1. The van der Waals surface area contributed by atoms with Gasteiger partial charge in [0.05, 0.1) is 6.61 Å². The van der Waals surface area contributed by atoms with Crippen LogP contribution in [0.3, 0.4) is 0 Å². The van der Waals surface area contributed by atoms with Crippen LogP contribution in [0.15, 0.2) is 24.3 Å². The van der Waals surface area contributed by atoms with E-state index in [0.717, 1.165) is 17.2 Å². The molecule has 0 saturated carbocycles. The van der Waals surface area contributed by atoms with E-state index >= 15 is 0 Å². The zero-order chi connectivity index (χ0) is 12.8. The number of Topliss-reactive ketones (excluding diaryl/α,β-unsaturated/α-hetero) is 1. The van der Waals surface area contributed by atoms with Crippen LogP contribution in [0.2, 0.25) is 0 Å². The summed E-state index contributed by atoms with van der Waals surface area (Å²) in [5.41, 5.74) is 2.11. The Morgan fingerprint density at radius 2 is 2.06 bits per heavy atom. The normalized spacial score (nSPS) is 10.7. The third-order valence-corrected chi connectivity index (χ3v) is 2.34. The minimum atomic E-state index is -1.01. The van der Waals surface area contributed by atoms with Crippen LogP contribution in [0.1, 0.15) is 27.9 Å². The van der Waals surface area contributed by atoms with Crippen LogP contribution in [-0.2, 0) is 4.79 Å². The van der Waals surface area contributed by atoms with Crippen molar-refractivity contribution in [3.05, 3.63) is 41.0 Å². The lowest BCUT2D eigenvalue weighted by Gasteiger charge is -2.04. The van der Waals surface area contributed by atoms with Gasteiger partial charge in [0.2, 0.25) is 0 Å². The van der Waals surface area contributed by atoms with Crippen molar-refractivity contribution in [2.24, 2.45) is 0 Å². The Bertz CT molecular complexity index is 460. The summed E-state index contributed by atoms with van der Waals surface area (Å²) >= 11 is 0. The van der Waals surface area contributed by atoms with Gasteiger partial charge in [-0.25, -0.2) is 4.79 Å². The quantitative estimate of drug-likeness (QED) is 0.600. The third-order valence-electron chi connectivity index (χ3n) is 2.34. The average molecular weight is 234 g/mol. The molecule has 0 fully saturated rings. The van der Waals surface area contributed by atoms with E-state index < -0.39 is 5.97 Å². The maximum atomic E-state index is 11.5. The SMILES string of the molecule is Cc1cc(C(=O)CCO)ccc1C=CC(=O)O. The molecule has 0 unspecified atom stereocenters. The number of carboxylic acid groups (broad SMARTS) is 1. The molecule has 0 aliphatic carbocycles. The average Bonchev–Trinajstić information content (AvgIpc) is 2.27. The summed E-state index contributed by atoms with van der Waals surface area (Å²) in [5.74, 6) is -1.13. The highest BCUT2D eigenvalue weighted by atomic mass is 16.4. The number of aliphatic hydroxyl groups is 1. The van der Waals surface area contributed by atoms with Crippen LogP contribution in [0.4, 0.5) is 0 Å². The molecule has 90 valence electrons. The van der Waals surface area contributed by atoms with Gasteiger partial charge in [-0.05, 0) is 30.2 Å². The van der Waals surface area contributed by atoms with Crippen LogP contribution < -0.4 is 0 Å². The number of hydrogen-bond acceptors (Lipinski definition) is 3. The van der Waals surface area contributed by atoms with Crippen LogP contribution in [0.5, 0.6) is 0 Å². The second-order valence-electron chi connectivity index (χ2n) is 3.64. The van der Waals surface area contributed by atoms with E-state index in [1.165, 1.54) is 6.08 Å². The Morgan fingerprint density at radius 3 is 2.59 bits per heavy atom. The van der Waals surface area contributed by atoms with Gasteiger partial charge in [0.25, 0.3) is 0 Å². The number of hydrogen-bond donors (Lipinski definition) is 2. The lowest BCUT2D eigenvalue weighted by atomic mass is 10.0. The van der Waals surface area contributed by atoms with E-state index in [1.54, 1.807) is 25.1 Å². The van der Waals surface area contributed by atoms with E-state index in [0.29, 0.717) is 5.56 Å². The number of rotatable bonds is 5. The molecule has 0 heterocycles. The summed E-state index contributed by atoms with van der Waals surface area (Å²) in [4.78, 5) is 21.9. The van der Waals surface area contributed by atoms with Crippen molar-refractivity contribution >= 4 is 17.8 Å². The number of carboxylic acids is 1. The Morgan fingerprint density at radius 1 is 1.35 bits per heavy atom. The Labute approximate surface area is 99.2 Å². The first-order valence-electron chi connectivity index (χ1n) is 5.20. The monoisotopic (exact) mass is 234 g/mol. The number of aryl methyl sites for hydroxylation is 1. The van der Waals surface area contributed by atoms with Crippen LogP contribution in [0.25, 0.3) is 6.08 Å². The lowest BCUT2D eigenvalue weighted by molar-refractivity contribution is -0.131. The molecule has 0 radical (unpaired) electrons. The van der Waals surface area contributed by atoms with Gasteiger partial charge >= 0.3 is 5.97 Å². The Balaban J connectivity index is 2.93. The molecular weight excluding hydrogens is 220 g/mol. The summed E-state index contributed by atoms with van der Waals surface area (Å²) in [5, 5.41) is 17.2. The summed E-state index contributed by atoms with van der Waals surface area (Å²) in [6, 6.07) is 5.02. The molecule has 2 N–H and O–H groups in total. The lowest BCUT2D eigenvalue weighted by Crippen LogP contribution is -2.02. The highest BCUT2D eigenvalue weighted by Crippen LogP contribution is 2.14. The molecular formula is C13H14O4. The summed E-state index contributed by atoms with van der Waals surface area (Å²) in [7, 11) is 0. The van der Waals surface area contributed by atoms with Crippen LogP contribution in [-0.4, -0.2) is 28.6 Å². The molecule has 0 atom stereocenters. The molecule has 1 aromatic carbocycles. The molecule has 4 nitrogen and oxygen atoms in total. The zero-order valence-electron chi connectivity index (χ0n) is 9.51. The molecule has 0 aliphatic heterocycles. The molecule has 0 bridgehead atoms. The van der Waals surface area contributed by atoms with Gasteiger partial charge in [0.15, 0.2) is 5.78 Å². The minimum Gasteiger partial charge on any atom is -0.478 e. The summed E-state index contributed by atoms with van der Waals surface area (Å²) in [6.45, 7) is 1.63. The molecule has 0 saturated heterocycles. The van der Waals surface area contributed by atoms with Gasteiger partial charge in [-0.3, -0.25) is 4.79 Å². The molecule has 0 aliphatic rings. The second-order valence-corrected chi connectivity index (χ2v) is 3.64. The predicted octanol–water partition coefficient (Wildman–Crippen LogP) is 1.66.